The Kier molecular flexibility index (Phi) is 1.27. The van der Waals surface area contributed by atoms with Crippen molar-refractivity contribution in [2.24, 2.45) is 11.3 Å². The highest BCUT2D eigenvalue weighted by atomic mass is 14.3. The monoisotopic (exact) mass is 122 g/mol. The van der Waals surface area contributed by atoms with E-state index in [0.29, 0.717) is 5.92 Å². The van der Waals surface area contributed by atoms with Gasteiger partial charge in [0.1, 0.15) is 0 Å². The van der Waals surface area contributed by atoms with Gasteiger partial charge in [-0.2, -0.15) is 0 Å². The van der Waals surface area contributed by atoms with E-state index >= 15 is 0 Å². The summed E-state index contributed by atoms with van der Waals surface area (Å²) in [4.78, 5) is 0. The minimum absolute atomic E-state index is 0.249. The Morgan fingerprint density at radius 3 is 2.22 bits per heavy atom. The smallest absolute Gasteiger partial charge is 0.00375 e. The normalized spacial score (nSPS) is 31.4. The molecule has 0 saturated carbocycles. The van der Waals surface area contributed by atoms with Gasteiger partial charge in [0.2, 0.25) is 0 Å². The van der Waals surface area contributed by atoms with Crippen LogP contribution in [0.5, 0.6) is 0 Å². The third-order valence-corrected chi connectivity index (χ3v) is 2.18. The van der Waals surface area contributed by atoms with Crippen LogP contribution in [0.25, 0.3) is 0 Å². The van der Waals surface area contributed by atoms with Crippen LogP contribution in [0.1, 0.15) is 20.8 Å². The first kappa shape index (κ1) is 6.60. The molecule has 9 heavy (non-hydrogen) atoms. The summed E-state index contributed by atoms with van der Waals surface area (Å²) in [7, 11) is 0. The van der Waals surface area contributed by atoms with Crippen molar-refractivity contribution >= 4 is 0 Å². The SMILES string of the molecule is C=C1C(C)C=CC1(C)C. The highest BCUT2D eigenvalue weighted by molar-refractivity contribution is 5.28. The summed E-state index contributed by atoms with van der Waals surface area (Å²) in [6.07, 6.45) is 4.46. The van der Waals surface area contributed by atoms with Crippen molar-refractivity contribution in [3.8, 4) is 0 Å². The molecule has 0 N–H and O–H groups in total. The van der Waals surface area contributed by atoms with Crippen molar-refractivity contribution in [1.82, 2.24) is 0 Å². The lowest BCUT2D eigenvalue weighted by Crippen LogP contribution is -2.08. The van der Waals surface area contributed by atoms with Crippen LogP contribution < -0.4 is 0 Å². The van der Waals surface area contributed by atoms with Gasteiger partial charge in [0.25, 0.3) is 0 Å². The van der Waals surface area contributed by atoms with E-state index in [2.05, 4.69) is 39.5 Å². The fraction of sp³-hybridized carbons (Fsp3) is 0.556. The average molecular weight is 122 g/mol. The molecule has 0 aromatic carbocycles. The second kappa shape index (κ2) is 1.73. The maximum absolute atomic E-state index is 4.03. The molecule has 1 aliphatic carbocycles. The van der Waals surface area contributed by atoms with Gasteiger partial charge in [-0.25, -0.2) is 0 Å². The molecule has 50 valence electrons. The van der Waals surface area contributed by atoms with Gasteiger partial charge in [0.15, 0.2) is 0 Å². The number of hydrogen-bond donors (Lipinski definition) is 0. The molecule has 0 heteroatoms. The minimum Gasteiger partial charge on any atom is -0.0984 e. The first-order chi connectivity index (χ1) is 4.04. The van der Waals surface area contributed by atoms with Crippen LogP contribution in [0.15, 0.2) is 24.3 Å². The van der Waals surface area contributed by atoms with Gasteiger partial charge in [-0.05, 0) is 5.92 Å². The molecule has 0 nitrogen and oxygen atoms in total. The first-order valence-corrected chi connectivity index (χ1v) is 3.42. The molecule has 0 bridgehead atoms. The van der Waals surface area contributed by atoms with Gasteiger partial charge >= 0.3 is 0 Å². The molecule has 0 saturated heterocycles. The van der Waals surface area contributed by atoms with Crippen LogP contribution in [0.3, 0.4) is 0 Å². The van der Waals surface area contributed by atoms with Gasteiger partial charge in [-0.15, -0.1) is 0 Å². The van der Waals surface area contributed by atoms with Crippen LogP contribution in [-0.2, 0) is 0 Å². The summed E-state index contributed by atoms with van der Waals surface area (Å²) in [6.45, 7) is 10.6. The fourth-order valence-electron chi connectivity index (χ4n) is 1.19. The Morgan fingerprint density at radius 2 is 2.11 bits per heavy atom. The lowest BCUT2D eigenvalue weighted by molar-refractivity contribution is 0.565. The van der Waals surface area contributed by atoms with Crippen LogP contribution in [0.2, 0.25) is 0 Å². The molecular weight excluding hydrogens is 108 g/mol. The molecule has 0 heterocycles. The number of allylic oxidation sites excluding steroid dienone is 3. The van der Waals surface area contributed by atoms with Crippen LogP contribution in [-0.4, -0.2) is 0 Å². The summed E-state index contributed by atoms with van der Waals surface area (Å²) in [5, 5.41) is 0. The summed E-state index contributed by atoms with van der Waals surface area (Å²) < 4.78 is 0. The van der Waals surface area contributed by atoms with E-state index in [9.17, 15) is 0 Å². The van der Waals surface area contributed by atoms with E-state index in [0.717, 1.165) is 0 Å². The van der Waals surface area contributed by atoms with E-state index < -0.39 is 0 Å². The third kappa shape index (κ3) is 0.937. The van der Waals surface area contributed by atoms with Crippen molar-refractivity contribution in [1.29, 1.82) is 0 Å². The molecule has 1 aliphatic rings. The molecule has 0 fully saturated rings. The molecule has 0 aromatic rings. The van der Waals surface area contributed by atoms with E-state index in [4.69, 9.17) is 0 Å². The zero-order valence-corrected chi connectivity index (χ0v) is 6.44. The molecule has 1 atom stereocenters. The van der Waals surface area contributed by atoms with E-state index in [1.54, 1.807) is 0 Å². The second-order valence-corrected chi connectivity index (χ2v) is 3.39. The second-order valence-electron chi connectivity index (χ2n) is 3.39. The Bertz CT molecular complexity index is 161. The van der Waals surface area contributed by atoms with Crippen LogP contribution >= 0.6 is 0 Å². The van der Waals surface area contributed by atoms with Crippen molar-refractivity contribution in [2.75, 3.05) is 0 Å². The zero-order chi connectivity index (χ0) is 7.07. The van der Waals surface area contributed by atoms with E-state index in [1.165, 1.54) is 5.57 Å². The quantitative estimate of drug-likeness (QED) is 0.433. The van der Waals surface area contributed by atoms with Crippen molar-refractivity contribution < 1.29 is 0 Å². The third-order valence-electron chi connectivity index (χ3n) is 2.18. The summed E-state index contributed by atoms with van der Waals surface area (Å²) in [5.74, 6) is 0.583. The molecule has 0 aliphatic heterocycles. The standard InChI is InChI=1S/C9H14/c1-7-5-6-9(3,4)8(7)2/h5-7H,2H2,1,3-4H3. The van der Waals surface area contributed by atoms with Crippen LogP contribution in [0.4, 0.5) is 0 Å². The molecule has 0 amide bonds. The van der Waals surface area contributed by atoms with Crippen LogP contribution in [0, 0.1) is 11.3 Å². The Labute approximate surface area is 57.3 Å². The van der Waals surface area contributed by atoms with Crippen molar-refractivity contribution in [3.05, 3.63) is 24.3 Å². The van der Waals surface area contributed by atoms with Gasteiger partial charge < -0.3 is 0 Å². The first-order valence-electron chi connectivity index (χ1n) is 3.42. The van der Waals surface area contributed by atoms with Crippen molar-refractivity contribution in [3.63, 3.8) is 0 Å². The Balaban J connectivity index is 2.86. The van der Waals surface area contributed by atoms with E-state index in [-0.39, 0.29) is 5.41 Å². The highest BCUT2D eigenvalue weighted by Crippen LogP contribution is 2.38. The summed E-state index contributed by atoms with van der Waals surface area (Å²) in [5.41, 5.74) is 1.59. The van der Waals surface area contributed by atoms with Gasteiger partial charge in [-0.1, -0.05) is 45.1 Å². The predicted molar refractivity (Wildman–Crippen MR) is 41.2 cm³/mol. The summed E-state index contributed by atoms with van der Waals surface area (Å²) in [6, 6.07) is 0. The molecular formula is C9H14. The average Bonchev–Trinajstić information content (AvgIpc) is 1.97. The molecule has 1 rings (SSSR count). The Morgan fingerprint density at radius 1 is 1.56 bits per heavy atom. The van der Waals surface area contributed by atoms with Gasteiger partial charge in [-0.3, -0.25) is 0 Å². The number of hydrogen-bond acceptors (Lipinski definition) is 0. The molecule has 0 radical (unpaired) electrons. The van der Waals surface area contributed by atoms with Crippen molar-refractivity contribution in [2.45, 2.75) is 20.8 Å². The zero-order valence-electron chi connectivity index (χ0n) is 6.44. The fourth-order valence-corrected chi connectivity index (χ4v) is 1.19. The lowest BCUT2D eigenvalue weighted by Gasteiger charge is -2.19. The Hall–Kier alpha value is -0.520. The highest BCUT2D eigenvalue weighted by Gasteiger charge is 2.26. The van der Waals surface area contributed by atoms with Gasteiger partial charge in [0, 0.05) is 5.41 Å². The topological polar surface area (TPSA) is 0 Å². The number of rotatable bonds is 0. The minimum atomic E-state index is 0.249. The largest absolute Gasteiger partial charge is 0.0984 e. The summed E-state index contributed by atoms with van der Waals surface area (Å²) >= 11 is 0. The maximum Gasteiger partial charge on any atom is 0.00375 e. The van der Waals surface area contributed by atoms with E-state index in [1.807, 2.05) is 0 Å². The molecule has 1 unspecified atom stereocenters. The maximum atomic E-state index is 4.03. The van der Waals surface area contributed by atoms with Gasteiger partial charge in [0.05, 0.1) is 0 Å². The molecule has 0 aromatic heterocycles. The predicted octanol–water partition coefficient (Wildman–Crippen LogP) is 2.77. The molecule has 0 spiro atoms. The lowest BCUT2D eigenvalue weighted by atomic mass is 9.86.